The molecular weight excluding hydrogens is 340 g/mol. The van der Waals surface area contributed by atoms with Crippen molar-refractivity contribution < 1.29 is 18.3 Å². The van der Waals surface area contributed by atoms with Crippen molar-refractivity contribution >= 4 is 15.7 Å². The second-order valence-electron chi connectivity index (χ2n) is 6.98. The van der Waals surface area contributed by atoms with Crippen molar-refractivity contribution in [2.24, 2.45) is 0 Å². The Hall–Kier alpha value is -1.44. The molecule has 2 fully saturated rings. The molecular formula is C18H26N2O4S. The maximum Gasteiger partial charge on any atom is 0.223 e. The summed E-state index contributed by atoms with van der Waals surface area (Å²) in [6.45, 7) is 3.65. The molecule has 1 N–H and O–H groups in total. The van der Waals surface area contributed by atoms with E-state index in [0.717, 1.165) is 5.56 Å². The highest BCUT2D eigenvalue weighted by atomic mass is 32.2. The highest BCUT2D eigenvalue weighted by Gasteiger charge is 2.47. The Labute approximate surface area is 149 Å². The summed E-state index contributed by atoms with van der Waals surface area (Å²) in [4.78, 5) is 16.5. The highest BCUT2D eigenvalue weighted by molar-refractivity contribution is 7.91. The van der Waals surface area contributed by atoms with E-state index in [9.17, 15) is 18.3 Å². The number of aryl methyl sites for hydroxylation is 2. The minimum Gasteiger partial charge on any atom is -0.395 e. The monoisotopic (exact) mass is 366 g/mol. The lowest BCUT2D eigenvalue weighted by molar-refractivity contribution is -0.137. The van der Waals surface area contributed by atoms with Crippen molar-refractivity contribution in [3.8, 4) is 0 Å². The number of piperazine rings is 1. The first kappa shape index (κ1) is 18.4. The van der Waals surface area contributed by atoms with Crippen LogP contribution in [0.3, 0.4) is 0 Å². The summed E-state index contributed by atoms with van der Waals surface area (Å²) in [6.07, 6.45) is 1.07. The number of carbonyl (C=O) groups is 1. The van der Waals surface area contributed by atoms with Gasteiger partial charge in [-0.25, -0.2) is 8.42 Å². The van der Waals surface area contributed by atoms with Crippen LogP contribution < -0.4 is 0 Å². The first-order valence-electron chi connectivity index (χ1n) is 8.80. The van der Waals surface area contributed by atoms with Crippen molar-refractivity contribution in [2.45, 2.75) is 31.8 Å². The number of sulfone groups is 1. The van der Waals surface area contributed by atoms with Crippen molar-refractivity contribution in [1.82, 2.24) is 9.80 Å². The van der Waals surface area contributed by atoms with Gasteiger partial charge in [0, 0.05) is 32.1 Å². The predicted octanol–water partition coefficient (Wildman–Crippen LogP) is 0.230. The van der Waals surface area contributed by atoms with Gasteiger partial charge in [0.25, 0.3) is 0 Å². The third kappa shape index (κ3) is 4.04. The number of aliphatic hydroxyl groups is 1. The zero-order valence-electron chi connectivity index (χ0n) is 14.6. The van der Waals surface area contributed by atoms with E-state index in [1.807, 2.05) is 36.1 Å². The van der Waals surface area contributed by atoms with E-state index in [2.05, 4.69) is 0 Å². The smallest absolute Gasteiger partial charge is 0.223 e. The Kier molecular flexibility index (Phi) is 5.46. The number of β-amino-alcohol motifs (C(OH)–C–C–N with tert-alkyl or cyclic N) is 1. The SMILES string of the molecule is Cc1ccccc1CCC(=O)N1CCN(CCO)C2CS(=O)(=O)CC21. The third-order valence-electron chi connectivity index (χ3n) is 5.37. The van der Waals surface area contributed by atoms with Gasteiger partial charge >= 0.3 is 0 Å². The quantitative estimate of drug-likeness (QED) is 0.807. The van der Waals surface area contributed by atoms with Crippen LogP contribution in [0.4, 0.5) is 0 Å². The molecule has 0 saturated carbocycles. The van der Waals surface area contributed by atoms with Gasteiger partial charge in [0.1, 0.15) is 0 Å². The Morgan fingerprint density at radius 2 is 1.92 bits per heavy atom. The van der Waals surface area contributed by atoms with Gasteiger partial charge in [-0.05, 0) is 24.5 Å². The van der Waals surface area contributed by atoms with Crippen LogP contribution >= 0.6 is 0 Å². The molecule has 2 aliphatic heterocycles. The van der Waals surface area contributed by atoms with Gasteiger partial charge in [-0.15, -0.1) is 0 Å². The fourth-order valence-corrected chi connectivity index (χ4v) is 6.03. The number of aliphatic hydroxyl groups excluding tert-OH is 1. The maximum absolute atomic E-state index is 12.8. The zero-order valence-corrected chi connectivity index (χ0v) is 15.4. The van der Waals surface area contributed by atoms with E-state index in [0.29, 0.717) is 32.5 Å². The number of nitrogens with zero attached hydrogens (tertiary/aromatic N) is 2. The Morgan fingerprint density at radius 1 is 1.20 bits per heavy atom. The Balaban J connectivity index is 1.69. The number of carbonyl (C=O) groups excluding carboxylic acids is 1. The van der Waals surface area contributed by atoms with E-state index in [1.165, 1.54) is 5.56 Å². The molecule has 2 heterocycles. The number of rotatable bonds is 5. The largest absolute Gasteiger partial charge is 0.395 e. The average Bonchev–Trinajstić information content (AvgIpc) is 2.89. The second-order valence-corrected chi connectivity index (χ2v) is 9.14. The number of benzene rings is 1. The Bertz CT molecular complexity index is 734. The summed E-state index contributed by atoms with van der Waals surface area (Å²) in [7, 11) is -3.14. The summed E-state index contributed by atoms with van der Waals surface area (Å²) in [5.74, 6) is 0.147. The molecule has 0 aliphatic carbocycles. The fraction of sp³-hybridized carbons (Fsp3) is 0.611. The molecule has 1 amide bonds. The van der Waals surface area contributed by atoms with E-state index < -0.39 is 9.84 Å². The lowest BCUT2D eigenvalue weighted by Gasteiger charge is -2.43. The topological polar surface area (TPSA) is 77.9 Å². The minimum atomic E-state index is -3.14. The Morgan fingerprint density at radius 3 is 2.64 bits per heavy atom. The van der Waals surface area contributed by atoms with E-state index in [1.54, 1.807) is 4.90 Å². The van der Waals surface area contributed by atoms with Crippen LogP contribution in [0.2, 0.25) is 0 Å². The minimum absolute atomic E-state index is 0.00446. The van der Waals surface area contributed by atoms with Crippen LogP contribution in [-0.2, 0) is 21.1 Å². The third-order valence-corrected chi connectivity index (χ3v) is 7.07. The molecule has 2 saturated heterocycles. The summed E-state index contributed by atoms with van der Waals surface area (Å²) in [5, 5.41) is 9.21. The van der Waals surface area contributed by atoms with Gasteiger partial charge in [-0.3, -0.25) is 9.69 Å². The summed E-state index contributed by atoms with van der Waals surface area (Å²) < 4.78 is 24.2. The molecule has 0 aromatic heterocycles. The number of hydrogen-bond donors (Lipinski definition) is 1. The van der Waals surface area contributed by atoms with Crippen LogP contribution in [0.15, 0.2) is 24.3 Å². The van der Waals surface area contributed by atoms with Crippen molar-refractivity contribution in [2.75, 3.05) is 37.7 Å². The van der Waals surface area contributed by atoms with Crippen molar-refractivity contribution in [3.63, 3.8) is 0 Å². The molecule has 138 valence electrons. The molecule has 1 aromatic carbocycles. The zero-order chi connectivity index (χ0) is 18.0. The molecule has 6 nitrogen and oxygen atoms in total. The van der Waals surface area contributed by atoms with Gasteiger partial charge in [0.05, 0.1) is 24.2 Å². The van der Waals surface area contributed by atoms with Crippen LogP contribution in [0.5, 0.6) is 0 Å². The first-order valence-corrected chi connectivity index (χ1v) is 10.6. The van der Waals surface area contributed by atoms with E-state index >= 15 is 0 Å². The van der Waals surface area contributed by atoms with Crippen molar-refractivity contribution in [1.29, 1.82) is 0 Å². The lowest BCUT2D eigenvalue weighted by atomic mass is 10.0. The predicted molar refractivity (Wildman–Crippen MR) is 96.1 cm³/mol. The molecule has 1 aromatic rings. The normalized spacial score (nSPS) is 25.8. The average molecular weight is 366 g/mol. The summed E-state index contributed by atoms with van der Waals surface area (Å²) >= 11 is 0. The highest BCUT2D eigenvalue weighted by Crippen LogP contribution is 2.27. The second kappa shape index (κ2) is 7.43. The molecule has 2 atom stereocenters. The van der Waals surface area contributed by atoms with Gasteiger partial charge < -0.3 is 10.0 Å². The van der Waals surface area contributed by atoms with Crippen LogP contribution in [0, 0.1) is 6.92 Å². The van der Waals surface area contributed by atoms with Gasteiger partial charge in [-0.1, -0.05) is 24.3 Å². The van der Waals surface area contributed by atoms with Gasteiger partial charge in [-0.2, -0.15) is 0 Å². The van der Waals surface area contributed by atoms with Crippen molar-refractivity contribution in [3.05, 3.63) is 35.4 Å². The van der Waals surface area contributed by atoms with Gasteiger partial charge in [0.2, 0.25) is 5.91 Å². The van der Waals surface area contributed by atoms with E-state index in [4.69, 9.17) is 0 Å². The molecule has 7 heteroatoms. The van der Waals surface area contributed by atoms with Crippen LogP contribution in [-0.4, -0.2) is 79.1 Å². The molecule has 0 bridgehead atoms. The van der Waals surface area contributed by atoms with Crippen LogP contribution in [0.1, 0.15) is 17.5 Å². The number of hydrogen-bond acceptors (Lipinski definition) is 5. The standard InChI is InChI=1S/C18H26N2O4S/c1-14-4-2-3-5-15(14)6-7-18(22)20-9-8-19(10-11-21)16-12-25(23,24)13-17(16)20/h2-5,16-17,21H,6-13H2,1H3. The molecule has 25 heavy (non-hydrogen) atoms. The molecule has 0 radical (unpaired) electrons. The lowest BCUT2D eigenvalue weighted by Crippen LogP contribution is -2.61. The molecule has 2 unspecified atom stereocenters. The van der Waals surface area contributed by atoms with Gasteiger partial charge in [0.15, 0.2) is 9.84 Å². The fourth-order valence-electron chi connectivity index (χ4n) is 4.02. The number of amides is 1. The molecule has 2 aliphatic rings. The molecule has 0 spiro atoms. The summed E-state index contributed by atoms with van der Waals surface area (Å²) in [6, 6.07) is 7.55. The summed E-state index contributed by atoms with van der Waals surface area (Å²) in [5.41, 5.74) is 2.33. The van der Waals surface area contributed by atoms with E-state index in [-0.39, 0.29) is 36.1 Å². The van der Waals surface area contributed by atoms with Crippen LogP contribution in [0.25, 0.3) is 0 Å². The number of fused-ring (bicyclic) bond motifs is 1. The molecule has 3 rings (SSSR count). The first-order chi connectivity index (χ1) is 11.9. The maximum atomic E-state index is 12.8.